The van der Waals surface area contributed by atoms with Crippen LogP contribution in [0.25, 0.3) is 0 Å². The van der Waals surface area contributed by atoms with E-state index in [9.17, 15) is 14.4 Å². The number of benzene rings is 2. The normalized spacial score (nSPS) is 19.9. The average Bonchev–Trinajstić information content (AvgIpc) is 3.18. The highest BCUT2D eigenvalue weighted by Gasteiger charge is 2.36. The van der Waals surface area contributed by atoms with E-state index in [2.05, 4.69) is 4.99 Å². The highest BCUT2D eigenvalue weighted by molar-refractivity contribution is 8.14. The number of thioether (sulfide) groups is 1. The molecule has 0 N–H and O–H groups in total. The van der Waals surface area contributed by atoms with Crippen molar-refractivity contribution < 1.29 is 14.4 Å². The van der Waals surface area contributed by atoms with Crippen molar-refractivity contribution in [2.75, 3.05) is 13.1 Å². The lowest BCUT2D eigenvalue weighted by Crippen LogP contribution is -2.37. The third-order valence-electron chi connectivity index (χ3n) is 4.93. The fourth-order valence-electron chi connectivity index (χ4n) is 3.50. The van der Waals surface area contributed by atoms with Crippen LogP contribution in [-0.2, 0) is 4.79 Å². The van der Waals surface area contributed by atoms with Gasteiger partial charge < -0.3 is 0 Å². The van der Waals surface area contributed by atoms with Crippen LogP contribution < -0.4 is 0 Å². The number of carbonyl (C=O) groups excluding carboxylic acids is 3. The summed E-state index contributed by atoms with van der Waals surface area (Å²) >= 11 is 1.56. The molecule has 2 aromatic carbocycles. The van der Waals surface area contributed by atoms with Crippen molar-refractivity contribution in [3.63, 3.8) is 0 Å². The Hall–Kier alpha value is -2.93. The van der Waals surface area contributed by atoms with Crippen LogP contribution in [-0.4, -0.2) is 51.0 Å². The third-order valence-corrected chi connectivity index (χ3v) is 6.01. The van der Waals surface area contributed by atoms with Crippen molar-refractivity contribution >= 4 is 40.3 Å². The molecule has 2 heterocycles. The van der Waals surface area contributed by atoms with Crippen LogP contribution in [0.1, 0.15) is 39.6 Å². The Morgan fingerprint density at radius 2 is 1.79 bits per heavy atom. The Morgan fingerprint density at radius 1 is 1.10 bits per heavy atom. The number of rotatable bonds is 4. The first-order valence-corrected chi connectivity index (χ1v) is 10.4. The highest BCUT2D eigenvalue weighted by Crippen LogP contribution is 2.29. The molecule has 0 radical (unpaired) electrons. The Balaban J connectivity index is 1.47. The van der Waals surface area contributed by atoms with E-state index in [1.165, 1.54) is 0 Å². The molecule has 1 fully saturated rings. The van der Waals surface area contributed by atoms with Gasteiger partial charge in [0.05, 0.1) is 16.8 Å². The molecule has 0 aliphatic carbocycles. The van der Waals surface area contributed by atoms with Gasteiger partial charge in [-0.3, -0.25) is 24.2 Å². The second-order valence-electron chi connectivity index (χ2n) is 7.22. The van der Waals surface area contributed by atoms with E-state index < -0.39 is 0 Å². The minimum Gasteiger partial charge on any atom is -0.290 e. The van der Waals surface area contributed by atoms with Gasteiger partial charge in [0.15, 0.2) is 5.17 Å². The van der Waals surface area contributed by atoms with Crippen LogP contribution in [0.3, 0.4) is 0 Å². The van der Waals surface area contributed by atoms with Gasteiger partial charge in [-0.05, 0) is 36.8 Å². The first-order chi connectivity index (χ1) is 13.9. The molecule has 7 heteroatoms. The lowest BCUT2D eigenvalue weighted by Gasteiger charge is -2.18. The Morgan fingerprint density at radius 3 is 2.45 bits per heavy atom. The maximum absolute atomic E-state index is 12.9. The summed E-state index contributed by atoms with van der Waals surface area (Å²) in [6.07, 6.45) is 0.0750. The number of hydrogen-bond acceptors (Lipinski definition) is 5. The van der Waals surface area contributed by atoms with E-state index in [-0.39, 0.29) is 35.9 Å². The molecule has 4 rings (SSSR count). The maximum Gasteiger partial charge on any atom is 0.261 e. The quantitative estimate of drug-likeness (QED) is 0.726. The fourth-order valence-corrected chi connectivity index (χ4v) is 4.55. The summed E-state index contributed by atoms with van der Waals surface area (Å²) < 4.78 is 0. The van der Waals surface area contributed by atoms with Crippen LogP contribution in [0.15, 0.2) is 53.5 Å². The Kier molecular flexibility index (Phi) is 5.24. The fraction of sp³-hybridized carbons (Fsp3) is 0.273. The standard InChI is InChI=1S/C22H21N3O3S/c1-14-6-5-7-16(12-14)23-22-25(13-15(2)29-22)19(26)10-11-24-20(27)17-8-3-4-9-18(17)21(24)28/h3-9,12,15H,10-11,13H2,1-2H3/t15-/m1/s1. The second kappa shape index (κ2) is 7.83. The zero-order valence-electron chi connectivity index (χ0n) is 16.3. The number of aryl methyl sites for hydroxylation is 1. The van der Waals surface area contributed by atoms with Gasteiger partial charge in [-0.25, -0.2) is 4.99 Å². The topological polar surface area (TPSA) is 70.1 Å². The zero-order valence-corrected chi connectivity index (χ0v) is 17.1. The van der Waals surface area contributed by atoms with Gasteiger partial charge >= 0.3 is 0 Å². The van der Waals surface area contributed by atoms with Crippen LogP contribution in [0, 0.1) is 6.92 Å². The molecule has 0 saturated carbocycles. The van der Waals surface area contributed by atoms with Crippen molar-refractivity contribution in [2.45, 2.75) is 25.5 Å². The maximum atomic E-state index is 12.9. The van der Waals surface area contributed by atoms with Gasteiger partial charge in [-0.15, -0.1) is 0 Å². The average molecular weight is 407 g/mol. The van der Waals surface area contributed by atoms with Gasteiger partial charge in [0.25, 0.3) is 11.8 Å². The first kappa shape index (κ1) is 19.4. The number of hydrogen-bond donors (Lipinski definition) is 0. The zero-order chi connectivity index (χ0) is 20.5. The molecule has 2 aliphatic heterocycles. The van der Waals surface area contributed by atoms with Crippen molar-refractivity contribution in [1.82, 2.24) is 9.80 Å². The van der Waals surface area contributed by atoms with E-state index in [4.69, 9.17) is 0 Å². The van der Waals surface area contributed by atoms with Crippen molar-refractivity contribution in [3.8, 4) is 0 Å². The number of fused-ring (bicyclic) bond motifs is 1. The summed E-state index contributed by atoms with van der Waals surface area (Å²) in [6.45, 7) is 4.68. The van der Waals surface area contributed by atoms with Crippen LogP contribution in [0.5, 0.6) is 0 Å². The minimum atomic E-state index is -0.337. The van der Waals surface area contributed by atoms with E-state index in [0.717, 1.165) is 16.2 Å². The van der Waals surface area contributed by atoms with Gasteiger partial charge in [-0.2, -0.15) is 0 Å². The SMILES string of the molecule is Cc1cccc(N=C2S[C@H](C)CN2C(=O)CCN2C(=O)c3ccccc3C2=O)c1. The summed E-state index contributed by atoms with van der Waals surface area (Å²) in [6, 6.07) is 14.6. The van der Waals surface area contributed by atoms with E-state index in [1.54, 1.807) is 40.9 Å². The van der Waals surface area contributed by atoms with Crippen molar-refractivity contribution in [1.29, 1.82) is 0 Å². The van der Waals surface area contributed by atoms with E-state index >= 15 is 0 Å². The molecular weight excluding hydrogens is 386 g/mol. The predicted molar refractivity (Wildman–Crippen MR) is 113 cm³/mol. The summed E-state index contributed by atoms with van der Waals surface area (Å²) in [5.41, 5.74) is 2.71. The molecule has 0 bridgehead atoms. The molecule has 1 atom stereocenters. The number of amides is 3. The van der Waals surface area contributed by atoms with Gasteiger partial charge in [0, 0.05) is 24.8 Å². The summed E-state index contributed by atoms with van der Waals surface area (Å²) in [7, 11) is 0. The molecule has 1 saturated heterocycles. The van der Waals surface area contributed by atoms with Crippen molar-refractivity contribution in [2.24, 2.45) is 4.99 Å². The molecule has 29 heavy (non-hydrogen) atoms. The number of amidine groups is 1. The van der Waals surface area contributed by atoms with Gasteiger partial charge in [0.2, 0.25) is 5.91 Å². The third kappa shape index (κ3) is 3.82. The molecule has 0 aromatic heterocycles. The highest BCUT2D eigenvalue weighted by atomic mass is 32.2. The molecule has 3 amide bonds. The largest absolute Gasteiger partial charge is 0.290 e. The second-order valence-corrected chi connectivity index (χ2v) is 8.63. The van der Waals surface area contributed by atoms with Gasteiger partial charge in [-0.1, -0.05) is 43.0 Å². The predicted octanol–water partition coefficient (Wildman–Crippen LogP) is 3.63. The molecule has 2 aromatic rings. The number of carbonyl (C=O) groups is 3. The number of nitrogens with zero attached hydrogens (tertiary/aromatic N) is 3. The van der Waals surface area contributed by atoms with E-state index in [0.29, 0.717) is 22.8 Å². The molecule has 0 spiro atoms. The smallest absolute Gasteiger partial charge is 0.261 e. The first-order valence-electron chi connectivity index (χ1n) is 9.51. The molecular formula is C22H21N3O3S. The van der Waals surface area contributed by atoms with Gasteiger partial charge in [0.1, 0.15) is 0 Å². The van der Waals surface area contributed by atoms with Crippen molar-refractivity contribution in [3.05, 3.63) is 65.2 Å². The molecule has 6 nitrogen and oxygen atoms in total. The Labute approximate surface area is 173 Å². The van der Waals surface area contributed by atoms with Crippen LogP contribution >= 0.6 is 11.8 Å². The van der Waals surface area contributed by atoms with Crippen LogP contribution in [0.4, 0.5) is 5.69 Å². The Bertz CT molecular complexity index is 998. The lowest BCUT2D eigenvalue weighted by molar-refractivity contribution is -0.127. The molecule has 148 valence electrons. The van der Waals surface area contributed by atoms with E-state index in [1.807, 2.05) is 38.1 Å². The number of imide groups is 1. The number of aliphatic imine (C=N–C) groups is 1. The summed E-state index contributed by atoms with van der Waals surface area (Å²) in [5.74, 6) is -0.808. The summed E-state index contributed by atoms with van der Waals surface area (Å²) in [5, 5.41) is 0.900. The van der Waals surface area contributed by atoms with Crippen LogP contribution in [0.2, 0.25) is 0 Å². The molecule has 2 aliphatic rings. The minimum absolute atomic E-state index is 0.0679. The summed E-state index contributed by atoms with van der Waals surface area (Å²) in [4.78, 5) is 45.3. The lowest BCUT2D eigenvalue weighted by atomic mass is 10.1. The molecule has 0 unspecified atom stereocenters. The monoisotopic (exact) mass is 407 g/mol.